The number of hydrogen-bond donors (Lipinski definition) is 2. The quantitative estimate of drug-likeness (QED) is 0.845. The SMILES string of the molecule is N#CCCc1cc(C(F)F)ccc1C(O)C(=O)O. The number of alkyl halides is 2. The van der Waals surface area contributed by atoms with Crippen molar-refractivity contribution in [2.75, 3.05) is 0 Å². The Balaban J connectivity index is 3.16. The second kappa shape index (κ2) is 6.07. The predicted octanol–water partition coefficient (Wildman–Crippen LogP) is 2.20. The molecule has 0 aromatic heterocycles. The second-order valence-corrected chi connectivity index (χ2v) is 3.66. The third kappa shape index (κ3) is 3.25. The molecule has 0 amide bonds. The fourth-order valence-corrected chi connectivity index (χ4v) is 1.57. The van der Waals surface area contributed by atoms with Gasteiger partial charge in [-0.3, -0.25) is 0 Å². The minimum Gasteiger partial charge on any atom is -0.479 e. The smallest absolute Gasteiger partial charge is 0.337 e. The van der Waals surface area contributed by atoms with Gasteiger partial charge >= 0.3 is 5.97 Å². The maximum atomic E-state index is 12.5. The standard InChI is InChI=1S/C12H11F2NO3/c13-11(14)8-3-4-9(10(16)12(17)18)7(6-8)2-1-5-15/h3-4,6,10-11,16H,1-2H2,(H,17,18). The number of aryl methyl sites for hydroxylation is 1. The van der Waals surface area contributed by atoms with Crippen LogP contribution < -0.4 is 0 Å². The average molecular weight is 255 g/mol. The third-order valence-corrected chi connectivity index (χ3v) is 2.45. The van der Waals surface area contributed by atoms with Crippen LogP contribution in [0.2, 0.25) is 0 Å². The molecule has 0 aliphatic rings. The molecule has 1 atom stereocenters. The maximum absolute atomic E-state index is 12.5. The van der Waals surface area contributed by atoms with Crippen LogP contribution in [0.1, 0.15) is 35.6 Å². The van der Waals surface area contributed by atoms with E-state index in [-0.39, 0.29) is 29.5 Å². The number of rotatable bonds is 5. The van der Waals surface area contributed by atoms with Crippen LogP contribution in [-0.2, 0) is 11.2 Å². The number of hydrogen-bond acceptors (Lipinski definition) is 3. The first-order valence-electron chi connectivity index (χ1n) is 5.16. The minimum atomic E-state index is -2.68. The summed E-state index contributed by atoms with van der Waals surface area (Å²) in [4.78, 5) is 10.7. The van der Waals surface area contributed by atoms with Gasteiger partial charge in [-0.15, -0.1) is 0 Å². The first-order valence-corrected chi connectivity index (χ1v) is 5.16. The van der Waals surface area contributed by atoms with Crippen molar-refractivity contribution >= 4 is 5.97 Å². The zero-order valence-corrected chi connectivity index (χ0v) is 9.31. The van der Waals surface area contributed by atoms with Crippen molar-refractivity contribution < 1.29 is 23.8 Å². The molecule has 4 nitrogen and oxygen atoms in total. The number of halogens is 2. The number of nitrogens with zero attached hydrogens (tertiary/aromatic N) is 1. The van der Waals surface area contributed by atoms with Crippen molar-refractivity contribution in [3.05, 3.63) is 34.9 Å². The molecule has 0 bridgehead atoms. The third-order valence-electron chi connectivity index (χ3n) is 2.45. The summed E-state index contributed by atoms with van der Waals surface area (Å²) in [6, 6.07) is 5.20. The molecule has 18 heavy (non-hydrogen) atoms. The number of carboxylic acids is 1. The van der Waals surface area contributed by atoms with Gasteiger partial charge in [0, 0.05) is 12.0 Å². The van der Waals surface area contributed by atoms with Gasteiger partial charge < -0.3 is 10.2 Å². The first-order chi connectivity index (χ1) is 8.47. The second-order valence-electron chi connectivity index (χ2n) is 3.66. The lowest BCUT2D eigenvalue weighted by Crippen LogP contribution is -2.13. The van der Waals surface area contributed by atoms with Crippen molar-refractivity contribution in [1.29, 1.82) is 5.26 Å². The average Bonchev–Trinajstić information content (AvgIpc) is 2.34. The van der Waals surface area contributed by atoms with Crippen LogP contribution in [0.4, 0.5) is 8.78 Å². The normalized spacial score (nSPS) is 12.2. The Bertz CT molecular complexity index is 483. The van der Waals surface area contributed by atoms with Gasteiger partial charge in [0.25, 0.3) is 6.43 Å². The molecule has 1 unspecified atom stereocenters. The number of benzene rings is 1. The van der Waals surface area contributed by atoms with Gasteiger partial charge in [0.2, 0.25) is 0 Å². The van der Waals surface area contributed by atoms with Crippen LogP contribution in [0, 0.1) is 11.3 Å². The van der Waals surface area contributed by atoms with Crippen molar-refractivity contribution in [2.24, 2.45) is 0 Å². The Hall–Kier alpha value is -2.00. The van der Waals surface area contributed by atoms with Crippen LogP contribution in [0.15, 0.2) is 18.2 Å². The highest BCUT2D eigenvalue weighted by Crippen LogP contribution is 2.26. The van der Waals surface area contributed by atoms with E-state index in [9.17, 15) is 18.7 Å². The van der Waals surface area contributed by atoms with Gasteiger partial charge in [-0.1, -0.05) is 12.1 Å². The van der Waals surface area contributed by atoms with E-state index >= 15 is 0 Å². The molecule has 0 fully saturated rings. The summed E-state index contributed by atoms with van der Waals surface area (Å²) in [7, 11) is 0. The highest BCUT2D eigenvalue weighted by molar-refractivity contribution is 5.74. The summed E-state index contributed by atoms with van der Waals surface area (Å²) in [5.41, 5.74) is 0.0377. The summed E-state index contributed by atoms with van der Waals surface area (Å²) in [6.07, 6.45) is -4.27. The molecule has 0 radical (unpaired) electrons. The number of aliphatic carboxylic acids is 1. The van der Waals surface area contributed by atoms with E-state index in [1.54, 1.807) is 0 Å². The summed E-state index contributed by atoms with van der Waals surface area (Å²) in [6.45, 7) is 0. The van der Waals surface area contributed by atoms with E-state index in [1.807, 2.05) is 6.07 Å². The molecule has 6 heteroatoms. The molecule has 2 N–H and O–H groups in total. The van der Waals surface area contributed by atoms with Gasteiger partial charge in [-0.25, -0.2) is 13.6 Å². The first kappa shape index (κ1) is 14.1. The molecule has 0 saturated heterocycles. The van der Waals surface area contributed by atoms with Gasteiger partial charge in [-0.05, 0) is 23.6 Å². The molecule has 0 saturated carbocycles. The number of aliphatic hydroxyl groups excluding tert-OH is 1. The molecule has 1 aromatic rings. The Morgan fingerprint density at radius 2 is 2.11 bits per heavy atom. The van der Waals surface area contributed by atoms with E-state index in [2.05, 4.69) is 0 Å². The van der Waals surface area contributed by atoms with E-state index < -0.39 is 18.5 Å². The highest BCUT2D eigenvalue weighted by Gasteiger charge is 2.20. The number of aliphatic hydroxyl groups is 1. The van der Waals surface area contributed by atoms with E-state index in [1.165, 1.54) is 0 Å². The molecule has 0 heterocycles. The zero-order chi connectivity index (χ0) is 13.7. The van der Waals surface area contributed by atoms with Crippen molar-refractivity contribution in [2.45, 2.75) is 25.4 Å². The zero-order valence-electron chi connectivity index (χ0n) is 9.31. The summed E-state index contributed by atoms with van der Waals surface area (Å²) >= 11 is 0. The Morgan fingerprint density at radius 3 is 2.61 bits per heavy atom. The van der Waals surface area contributed by atoms with Crippen LogP contribution in [-0.4, -0.2) is 16.2 Å². The predicted molar refractivity (Wildman–Crippen MR) is 57.9 cm³/mol. The molecule has 96 valence electrons. The summed E-state index contributed by atoms with van der Waals surface area (Å²) in [5, 5.41) is 26.6. The van der Waals surface area contributed by atoms with Crippen LogP contribution in [0.25, 0.3) is 0 Å². The topological polar surface area (TPSA) is 81.3 Å². The fraction of sp³-hybridized carbons (Fsp3) is 0.333. The van der Waals surface area contributed by atoms with Gasteiger partial charge in [0.05, 0.1) is 6.07 Å². The lowest BCUT2D eigenvalue weighted by atomic mass is 9.96. The Morgan fingerprint density at radius 1 is 1.44 bits per heavy atom. The van der Waals surface area contributed by atoms with E-state index in [0.717, 1.165) is 18.2 Å². The van der Waals surface area contributed by atoms with Crippen molar-refractivity contribution in [1.82, 2.24) is 0 Å². The van der Waals surface area contributed by atoms with Crippen molar-refractivity contribution in [3.63, 3.8) is 0 Å². The lowest BCUT2D eigenvalue weighted by molar-refractivity contribution is -0.147. The molecular formula is C12H11F2NO3. The minimum absolute atomic E-state index is 0.0437. The number of carbonyl (C=O) groups is 1. The number of carboxylic acid groups (broad SMARTS) is 1. The van der Waals surface area contributed by atoms with Crippen LogP contribution in [0.3, 0.4) is 0 Å². The van der Waals surface area contributed by atoms with Crippen LogP contribution >= 0.6 is 0 Å². The van der Waals surface area contributed by atoms with Crippen molar-refractivity contribution in [3.8, 4) is 6.07 Å². The fourth-order valence-electron chi connectivity index (χ4n) is 1.57. The van der Waals surface area contributed by atoms with Gasteiger partial charge in [0.1, 0.15) is 0 Å². The maximum Gasteiger partial charge on any atom is 0.337 e. The molecule has 0 aliphatic carbocycles. The Kier molecular flexibility index (Phi) is 4.75. The Labute approximate surface area is 102 Å². The van der Waals surface area contributed by atoms with Gasteiger partial charge in [-0.2, -0.15) is 5.26 Å². The van der Waals surface area contributed by atoms with E-state index in [4.69, 9.17) is 10.4 Å². The van der Waals surface area contributed by atoms with Gasteiger partial charge in [0.15, 0.2) is 6.10 Å². The molecule has 0 aliphatic heterocycles. The highest BCUT2D eigenvalue weighted by atomic mass is 19.3. The molecule has 1 rings (SSSR count). The molecule has 1 aromatic carbocycles. The summed E-state index contributed by atoms with van der Waals surface area (Å²) < 4.78 is 25.0. The molecular weight excluding hydrogens is 244 g/mol. The number of nitriles is 1. The molecule has 0 spiro atoms. The summed E-state index contributed by atoms with van der Waals surface area (Å²) in [5.74, 6) is -1.46. The van der Waals surface area contributed by atoms with Crippen LogP contribution in [0.5, 0.6) is 0 Å². The monoisotopic (exact) mass is 255 g/mol. The largest absolute Gasteiger partial charge is 0.479 e. The lowest BCUT2D eigenvalue weighted by Gasteiger charge is -2.13. The van der Waals surface area contributed by atoms with E-state index in [0.29, 0.717) is 0 Å².